The molecular formula is C22H24ClFN2O3S. The number of rotatable bonds is 6. The van der Waals surface area contributed by atoms with Gasteiger partial charge in [-0.1, -0.05) is 29.8 Å². The quantitative estimate of drug-likeness (QED) is 0.532. The van der Waals surface area contributed by atoms with Crippen molar-refractivity contribution in [2.75, 3.05) is 26.7 Å². The zero-order valence-electron chi connectivity index (χ0n) is 16.8. The summed E-state index contributed by atoms with van der Waals surface area (Å²) < 4.78 is 45.9. The molecule has 0 unspecified atom stereocenters. The van der Waals surface area contributed by atoms with Crippen molar-refractivity contribution in [2.45, 2.75) is 25.1 Å². The van der Waals surface area contributed by atoms with Gasteiger partial charge in [-0.05, 0) is 43.3 Å². The molecular weight excluding hydrogens is 427 g/mol. The standard InChI is InChI=1S/C22H24ClFN2O3S/c1-25-10-8-18-19-14-17(23)6-7-21(19)26(22(18)9-11-25)12-13-29-30(27,28)15-16-4-2-3-5-20(16)24/h2-7,14H,8-13,15H2,1H3. The molecule has 0 radical (unpaired) electrons. The van der Waals surface area contributed by atoms with Gasteiger partial charge in [0.1, 0.15) is 11.6 Å². The van der Waals surface area contributed by atoms with Crippen LogP contribution in [0.25, 0.3) is 10.9 Å². The van der Waals surface area contributed by atoms with E-state index in [1.807, 2.05) is 18.2 Å². The summed E-state index contributed by atoms with van der Waals surface area (Å²) in [5.41, 5.74) is 3.61. The van der Waals surface area contributed by atoms with E-state index >= 15 is 0 Å². The Morgan fingerprint density at radius 1 is 1.13 bits per heavy atom. The maximum atomic E-state index is 13.8. The van der Waals surface area contributed by atoms with Crippen molar-refractivity contribution in [3.63, 3.8) is 0 Å². The molecule has 8 heteroatoms. The molecule has 0 N–H and O–H groups in total. The van der Waals surface area contributed by atoms with Crippen LogP contribution in [0.1, 0.15) is 16.8 Å². The van der Waals surface area contributed by atoms with Crippen LogP contribution in [0.5, 0.6) is 0 Å². The summed E-state index contributed by atoms with van der Waals surface area (Å²) in [4.78, 5) is 2.29. The first-order chi connectivity index (χ1) is 14.3. The van der Waals surface area contributed by atoms with Crippen molar-refractivity contribution < 1.29 is 17.0 Å². The van der Waals surface area contributed by atoms with E-state index in [1.165, 1.54) is 29.5 Å². The molecule has 0 amide bonds. The van der Waals surface area contributed by atoms with Crippen molar-refractivity contribution >= 4 is 32.6 Å². The van der Waals surface area contributed by atoms with Gasteiger partial charge in [0.05, 0.1) is 6.61 Å². The lowest BCUT2D eigenvalue weighted by molar-refractivity contribution is 0.299. The SMILES string of the molecule is CN1CCc2c(n(CCOS(=O)(=O)Cc3ccccc3F)c3ccc(Cl)cc23)CC1. The lowest BCUT2D eigenvalue weighted by atomic mass is 10.1. The molecule has 30 heavy (non-hydrogen) atoms. The smallest absolute Gasteiger partial charge is 0.271 e. The molecule has 4 rings (SSSR count). The van der Waals surface area contributed by atoms with Crippen LogP contribution >= 0.6 is 11.6 Å². The lowest BCUT2D eigenvalue weighted by Gasteiger charge is -2.14. The van der Waals surface area contributed by atoms with Crippen LogP contribution in [0.15, 0.2) is 42.5 Å². The molecule has 0 saturated carbocycles. The fraction of sp³-hybridized carbons (Fsp3) is 0.364. The van der Waals surface area contributed by atoms with Gasteiger partial charge in [-0.2, -0.15) is 8.42 Å². The predicted molar refractivity (Wildman–Crippen MR) is 117 cm³/mol. The first-order valence-corrected chi connectivity index (χ1v) is 11.9. The highest BCUT2D eigenvalue weighted by molar-refractivity contribution is 7.85. The van der Waals surface area contributed by atoms with E-state index in [0.717, 1.165) is 36.8 Å². The van der Waals surface area contributed by atoms with E-state index in [-0.39, 0.29) is 12.2 Å². The minimum atomic E-state index is -3.89. The van der Waals surface area contributed by atoms with Crippen LogP contribution in [0.4, 0.5) is 4.39 Å². The fourth-order valence-corrected chi connectivity index (χ4v) is 5.28. The second-order valence-corrected chi connectivity index (χ2v) is 9.73. The van der Waals surface area contributed by atoms with Crippen molar-refractivity contribution in [2.24, 2.45) is 0 Å². The largest absolute Gasteiger partial charge is 0.342 e. The number of fused-ring (bicyclic) bond motifs is 3. The van der Waals surface area contributed by atoms with Gasteiger partial charge in [-0.15, -0.1) is 0 Å². The summed E-state index contributed by atoms with van der Waals surface area (Å²) in [5.74, 6) is -1.03. The molecule has 3 aromatic rings. The Labute approximate surface area is 181 Å². The molecule has 1 aliphatic rings. The van der Waals surface area contributed by atoms with Gasteiger partial charge in [0.2, 0.25) is 0 Å². The van der Waals surface area contributed by atoms with Gasteiger partial charge in [0.15, 0.2) is 0 Å². The molecule has 0 aliphatic carbocycles. The molecule has 1 aliphatic heterocycles. The Kier molecular flexibility index (Phi) is 6.16. The number of hydrogen-bond donors (Lipinski definition) is 0. The summed E-state index contributed by atoms with van der Waals surface area (Å²) in [6.45, 7) is 2.29. The summed E-state index contributed by atoms with van der Waals surface area (Å²) in [6, 6.07) is 11.6. The first-order valence-electron chi connectivity index (χ1n) is 9.92. The Morgan fingerprint density at radius 2 is 1.90 bits per heavy atom. The van der Waals surface area contributed by atoms with E-state index in [1.54, 1.807) is 6.07 Å². The van der Waals surface area contributed by atoms with E-state index < -0.39 is 21.7 Å². The lowest BCUT2D eigenvalue weighted by Crippen LogP contribution is -2.21. The van der Waals surface area contributed by atoms with Crippen LogP contribution in [-0.2, 0) is 39.4 Å². The molecule has 0 atom stereocenters. The Morgan fingerprint density at radius 3 is 2.70 bits per heavy atom. The normalized spacial score (nSPS) is 15.3. The molecule has 1 aromatic heterocycles. The number of aromatic nitrogens is 1. The van der Waals surface area contributed by atoms with Crippen LogP contribution in [-0.4, -0.2) is 44.6 Å². The summed E-state index contributed by atoms with van der Waals surface area (Å²) in [5, 5.41) is 1.80. The number of halogens is 2. The third-order valence-electron chi connectivity index (χ3n) is 5.59. The molecule has 2 heterocycles. The average Bonchev–Trinajstić information content (AvgIpc) is 2.83. The van der Waals surface area contributed by atoms with E-state index in [0.29, 0.717) is 11.6 Å². The predicted octanol–water partition coefficient (Wildman–Crippen LogP) is 4.01. The third kappa shape index (κ3) is 4.54. The molecule has 0 spiro atoms. The van der Waals surface area contributed by atoms with Crippen LogP contribution < -0.4 is 0 Å². The van der Waals surface area contributed by atoms with Gasteiger partial charge < -0.3 is 9.47 Å². The number of benzene rings is 2. The Balaban J connectivity index is 1.55. The number of nitrogens with zero attached hydrogens (tertiary/aromatic N) is 2. The molecule has 160 valence electrons. The highest BCUT2D eigenvalue weighted by Gasteiger charge is 2.22. The van der Waals surface area contributed by atoms with E-state index in [9.17, 15) is 12.8 Å². The van der Waals surface area contributed by atoms with Gasteiger partial charge in [0, 0.05) is 53.2 Å². The summed E-state index contributed by atoms with van der Waals surface area (Å²) in [6.07, 6.45) is 1.79. The van der Waals surface area contributed by atoms with Crippen LogP contribution in [0.3, 0.4) is 0 Å². The highest BCUT2D eigenvalue weighted by atomic mass is 35.5. The minimum absolute atomic E-state index is 0.00846. The van der Waals surface area contributed by atoms with E-state index in [2.05, 4.69) is 16.5 Å². The molecule has 0 bridgehead atoms. The monoisotopic (exact) mass is 450 g/mol. The van der Waals surface area contributed by atoms with Crippen molar-refractivity contribution in [1.82, 2.24) is 9.47 Å². The van der Waals surface area contributed by atoms with Gasteiger partial charge in [-0.25, -0.2) is 4.39 Å². The average molecular weight is 451 g/mol. The van der Waals surface area contributed by atoms with Crippen LogP contribution in [0, 0.1) is 5.82 Å². The maximum Gasteiger partial charge on any atom is 0.271 e. The van der Waals surface area contributed by atoms with E-state index in [4.69, 9.17) is 15.8 Å². The second-order valence-electron chi connectivity index (χ2n) is 7.66. The Bertz CT molecular complexity index is 1180. The molecule has 5 nitrogen and oxygen atoms in total. The number of hydrogen-bond acceptors (Lipinski definition) is 4. The fourth-order valence-electron chi connectivity index (χ4n) is 4.08. The third-order valence-corrected chi connectivity index (χ3v) is 7.02. The molecule has 2 aromatic carbocycles. The number of likely N-dealkylation sites (N-methyl/N-ethyl adjacent to an activating group) is 1. The molecule has 0 fully saturated rings. The minimum Gasteiger partial charge on any atom is -0.342 e. The van der Waals surface area contributed by atoms with Gasteiger partial charge in [-0.3, -0.25) is 4.18 Å². The van der Waals surface area contributed by atoms with Gasteiger partial charge in [0.25, 0.3) is 10.1 Å². The van der Waals surface area contributed by atoms with Crippen molar-refractivity contribution in [3.05, 3.63) is 70.1 Å². The summed E-state index contributed by atoms with van der Waals surface area (Å²) >= 11 is 6.24. The maximum absolute atomic E-state index is 13.8. The van der Waals surface area contributed by atoms with Crippen molar-refractivity contribution in [1.29, 1.82) is 0 Å². The Hall–Kier alpha value is -1.93. The zero-order chi connectivity index (χ0) is 21.3. The van der Waals surface area contributed by atoms with Gasteiger partial charge >= 0.3 is 0 Å². The van der Waals surface area contributed by atoms with Crippen molar-refractivity contribution in [3.8, 4) is 0 Å². The second kappa shape index (κ2) is 8.67. The zero-order valence-corrected chi connectivity index (χ0v) is 18.3. The molecule has 0 saturated heterocycles. The van der Waals surface area contributed by atoms with Crippen LogP contribution in [0.2, 0.25) is 5.02 Å². The summed E-state index contributed by atoms with van der Waals surface area (Å²) in [7, 11) is -1.79. The first kappa shape index (κ1) is 21.3. The topological polar surface area (TPSA) is 51.5 Å². The highest BCUT2D eigenvalue weighted by Crippen LogP contribution is 2.31.